The summed E-state index contributed by atoms with van der Waals surface area (Å²) in [7, 11) is 0. The van der Waals surface area contributed by atoms with Gasteiger partial charge < -0.3 is 9.73 Å². The molecule has 0 saturated heterocycles. The molecule has 1 saturated carbocycles. The van der Waals surface area contributed by atoms with Crippen LogP contribution in [0.2, 0.25) is 0 Å². The van der Waals surface area contributed by atoms with E-state index in [1.807, 2.05) is 12.1 Å². The predicted molar refractivity (Wildman–Crippen MR) is 72.8 cm³/mol. The van der Waals surface area contributed by atoms with E-state index >= 15 is 0 Å². The van der Waals surface area contributed by atoms with E-state index in [2.05, 4.69) is 29.6 Å². The van der Waals surface area contributed by atoms with E-state index in [-0.39, 0.29) is 11.3 Å². The van der Waals surface area contributed by atoms with Crippen molar-refractivity contribution in [3.8, 4) is 0 Å². The highest BCUT2D eigenvalue weighted by Crippen LogP contribution is 2.47. The van der Waals surface area contributed by atoms with Gasteiger partial charge in [0, 0.05) is 12.0 Å². The third-order valence-corrected chi connectivity index (χ3v) is 3.78. The fourth-order valence-electron chi connectivity index (χ4n) is 2.41. The van der Waals surface area contributed by atoms with Crippen molar-refractivity contribution in [1.82, 2.24) is 5.32 Å². The van der Waals surface area contributed by atoms with Gasteiger partial charge in [-0.1, -0.05) is 30.3 Å². The summed E-state index contributed by atoms with van der Waals surface area (Å²) < 4.78 is 5.18. The Morgan fingerprint density at radius 2 is 1.95 bits per heavy atom. The van der Waals surface area contributed by atoms with Crippen molar-refractivity contribution in [2.45, 2.75) is 24.7 Å². The maximum atomic E-state index is 11.8. The van der Waals surface area contributed by atoms with Crippen LogP contribution in [0.5, 0.6) is 0 Å². The van der Waals surface area contributed by atoms with Gasteiger partial charge in [0.05, 0.1) is 12.7 Å². The lowest BCUT2D eigenvalue weighted by atomic mass is 9.96. The predicted octanol–water partition coefficient (Wildman–Crippen LogP) is 2.67. The zero-order chi connectivity index (χ0) is 13.1. The normalized spacial score (nSPS) is 16.0. The Morgan fingerprint density at radius 1 is 1.16 bits per heavy atom. The number of hydrogen-bond donors (Lipinski definition) is 1. The molecule has 1 N–H and O–H groups in total. The van der Waals surface area contributed by atoms with Gasteiger partial charge in [-0.15, -0.1) is 0 Å². The third kappa shape index (κ3) is 2.70. The summed E-state index contributed by atoms with van der Waals surface area (Å²) >= 11 is 0. The lowest BCUT2D eigenvalue weighted by Crippen LogP contribution is -2.33. The maximum absolute atomic E-state index is 11.8. The number of furan rings is 1. The Morgan fingerprint density at radius 3 is 2.58 bits per heavy atom. The van der Waals surface area contributed by atoms with Crippen molar-refractivity contribution >= 4 is 5.91 Å². The molecule has 0 spiro atoms. The summed E-state index contributed by atoms with van der Waals surface area (Å²) in [5.74, 6) is 0.735. The van der Waals surface area contributed by atoms with Gasteiger partial charge in [-0.05, 0) is 30.5 Å². The number of hydrogen-bond acceptors (Lipinski definition) is 2. The number of carbonyl (C=O) groups excluding carboxylic acids is 1. The van der Waals surface area contributed by atoms with Crippen molar-refractivity contribution in [3.63, 3.8) is 0 Å². The number of rotatable bonds is 5. The molecular weight excluding hydrogens is 238 g/mol. The number of nitrogens with one attached hydrogen (secondary N) is 1. The molecule has 0 atom stereocenters. The van der Waals surface area contributed by atoms with Crippen LogP contribution < -0.4 is 5.32 Å². The van der Waals surface area contributed by atoms with Gasteiger partial charge in [0.25, 0.3) is 0 Å². The first kappa shape index (κ1) is 12.0. The van der Waals surface area contributed by atoms with Crippen LogP contribution in [-0.4, -0.2) is 12.5 Å². The monoisotopic (exact) mass is 255 g/mol. The zero-order valence-corrected chi connectivity index (χ0v) is 10.8. The molecule has 1 aliphatic carbocycles. The van der Waals surface area contributed by atoms with E-state index < -0.39 is 0 Å². The standard InChI is InChI=1S/C16H17NO2/c18-15(11-14-7-4-10-19-14)17-12-16(8-9-16)13-5-2-1-3-6-13/h1-7,10H,8-9,11-12H2,(H,17,18). The van der Waals surface area contributed by atoms with Gasteiger partial charge in [-0.2, -0.15) is 0 Å². The second-order valence-electron chi connectivity index (χ2n) is 5.18. The Labute approximate surface area is 112 Å². The highest BCUT2D eigenvalue weighted by Gasteiger charge is 2.44. The van der Waals surface area contributed by atoms with Crippen molar-refractivity contribution in [1.29, 1.82) is 0 Å². The number of amides is 1. The molecule has 3 nitrogen and oxygen atoms in total. The van der Waals surface area contributed by atoms with Crippen LogP contribution >= 0.6 is 0 Å². The van der Waals surface area contributed by atoms with Crippen molar-refractivity contribution in [2.75, 3.05) is 6.54 Å². The molecule has 0 radical (unpaired) electrons. The largest absolute Gasteiger partial charge is 0.469 e. The molecule has 1 amide bonds. The minimum Gasteiger partial charge on any atom is -0.469 e. The number of carbonyl (C=O) groups is 1. The van der Waals surface area contributed by atoms with Crippen LogP contribution in [-0.2, 0) is 16.6 Å². The van der Waals surface area contributed by atoms with E-state index in [0.29, 0.717) is 12.2 Å². The summed E-state index contributed by atoms with van der Waals surface area (Å²) in [5, 5.41) is 3.02. The Bertz CT molecular complexity index is 541. The van der Waals surface area contributed by atoms with E-state index in [4.69, 9.17) is 4.42 Å². The van der Waals surface area contributed by atoms with Crippen molar-refractivity contribution in [2.24, 2.45) is 0 Å². The SMILES string of the molecule is O=C(Cc1ccco1)NCC1(c2ccccc2)CC1. The molecule has 2 aromatic rings. The quantitative estimate of drug-likeness (QED) is 0.892. The van der Waals surface area contributed by atoms with Gasteiger partial charge >= 0.3 is 0 Å². The second-order valence-corrected chi connectivity index (χ2v) is 5.18. The van der Waals surface area contributed by atoms with Gasteiger partial charge in [0.1, 0.15) is 5.76 Å². The average Bonchev–Trinajstić information content (AvgIpc) is 3.08. The highest BCUT2D eigenvalue weighted by atomic mass is 16.3. The third-order valence-electron chi connectivity index (χ3n) is 3.78. The lowest BCUT2D eigenvalue weighted by molar-refractivity contribution is -0.120. The Kier molecular flexibility index (Phi) is 3.11. The molecule has 1 aromatic heterocycles. The minimum atomic E-state index is 0.0251. The summed E-state index contributed by atoms with van der Waals surface area (Å²) in [6.07, 6.45) is 4.21. The van der Waals surface area contributed by atoms with Crippen molar-refractivity contribution in [3.05, 3.63) is 60.1 Å². The fourth-order valence-corrected chi connectivity index (χ4v) is 2.41. The second kappa shape index (κ2) is 4.92. The van der Waals surface area contributed by atoms with Crippen LogP contribution in [0.4, 0.5) is 0 Å². The summed E-state index contributed by atoms with van der Waals surface area (Å²) in [6, 6.07) is 14.0. The first-order valence-electron chi connectivity index (χ1n) is 6.63. The van der Waals surface area contributed by atoms with Gasteiger partial charge in [0.15, 0.2) is 0 Å². The van der Waals surface area contributed by atoms with E-state index in [1.54, 1.807) is 12.3 Å². The topological polar surface area (TPSA) is 42.2 Å². The van der Waals surface area contributed by atoms with Crippen LogP contribution in [0.3, 0.4) is 0 Å². The van der Waals surface area contributed by atoms with Crippen LogP contribution in [0, 0.1) is 0 Å². The van der Waals surface area contributed by atoms with Crippen LogP contribution in [0.1, 0.15) is 24.2 Å². The minimum absolute atomic E-state index is 0.0251. The van der Waals surface area contributed by atoms with Crippen LogP contribution in [0.15, 0.2) is 53.1 Å². The molecule has 19 heavy (non-hydrogen) atoms. The molecule has 1 aromatic carbocycles. The van der Waals surface area contributed by atoms with Gasteiger partial charge in [0.2, 0.25) is 5.91 Å². The maximum Gasteiger partial charge on any atom is 0.227 e. The lowest BCUT2D eigenvalue weighted by Gasteiger charge is -2.16. The van der Waals surface area contributed by atoms with E-state index in [0.717, 1.165) is 19.4 Å². The average molecular weight is 255 g/mol. The van der Waals surface area contributed by atoms with Crippen molar-refractivity contribution < 1.29 is 9.21 Å². The summed E-state index contributed by atoms with van der Waals surface area (Å²) in [6.45, 7) is 0.719. The molecule has 3 rings (SSSR count). The molecule has 0 aliphatic heterocycles. The Balaban J connectivity index is 1.56. The first-order chi connectivity index (χ1) is 9.28. The summed E-state index contributed by atoms with van der Waals surface area (Å²) in [5.41, 5.74) is 1.49. The van der Waals surface area contributed by atoms with Gasteiger partial charge in [-0.3, -0.25) is 4.79 Å². The van der Waals surface area contributed by atoms with E-state index in [1.165, 1.54) is 5.56 Å². The zero-order valence-electron chi connectivity index (χ0n) is 10.8. The molecule has 0 bridgehead atoms. The van der Waals surface area contributed by atoms with Gasteiger partial charge in [-0.25, -0.2) is 0 Å². The summed E-state index contributed by atoms with van der Waals surface area (Å²) in [4.78, 5) is 11.8. The molecule has 1 heterocycles. The highest BCUT2D eigenvalue weighted by molar-refractivity contribution is 5.78. The molecule has 0 unspecified atom stereocenters. The first-order valence-corrected chi connectivity index (χ1v) is 6.63. The van der Waals surface area contributed by atoms with Crippen LogP contribution in [0.25, 0.3) is 0 Å². The molecular formula is C16H17NO2. The van der Waals surface area contributed by atoms with E-state index in [9.17, 15) is 4.79 Å². The molecule has 1 fully saturated rings. The fraction of sp³-hybridized carbons (Fsp3) is 0.312. The number of benzene rings is 1. The Hall–Kier alpha value is -2.03. The molecule has 1 aliphatic rings. The smallest absolute Gasteiger partial charge is 0.227 e. The molecule has 98 valence electrons. The molecule has 3 heteroatoms.